The Morgan fingerprint density at radius 3 is 1.50 bits per heavy atom. The lowest BCUT2D eigenvalue weighted by Gasteiger charge is -2.43. The van der Waals surface area contributed by atoms with E-state index < -0.39 is 14.2 Å². The molecule has 0 aromatic heterocycles. The van der Waals surface area contributed by atoms with Crippen LogP contribution in [0.15, 0.2) is 89.8 Å². The molecule has 5 nitrogen and oxygen atoms in total. The zero-order valence-corrected chi connectivity index (χ0v) is 21.6. The number of benzene rings is 3. The molecule has 5 rings (SSSR count). The molecule has 0 atom stereocenters. The van der Waals surface area contributed by atoms with Crippen molar-refractivity contribution in [2.45, 2.75) is 51.9 Å². The molecule has 0 saturated heterocycles. The quantitative estimate of drug-likeness (QED) is 0.294. The summed E-state index contributed by atoms with van der Waals surface area (Å²) in [5, 5.41) is -0.483. The van der Waals surface area contributed by atoms with Crippen LogP contribution in [0.1, 0.15) is 52.7 Å². The summed E-state index contributed by atoms with van der Waals surface area (Å²) in [5.41, 5.74) is 2.95. The predicted octanol–water partition coefficient (Wildman–Crippen LogP) is 7.10. The van der Waals surface area contributed by atoms with E-state index in [-0.39, 0.29) is 10.3 Å². The van der Waals surface area contributed by atoms with Crippen LogP contribution in [-0.2, 0) is 4.44 Å². The number of hydrogen-bond donors (Lipinski definition) is 0. The molecule has 34 heavy (non-hydrogen) atoms. The SMILES string of the molecule is CC(C)(C)P1(C(C)(C)C)=N[N+](=C(c2ccccc2)c2ccccc2)[B-]2(Oc3ccccc3O2)O1. The van der Waals surface area contributed by atoms with Crippen molar-refractivity contribution in [3.8, 4) is 11.5 Å². The fraction of sp³-hybridized carbons (Fsp3) is 0.296. The number of fused-ring (bicyclic) bond motifs is 1. The lowest BCUT2D eigenvalue weighted by Crippen LogP contribution is -2.56. The van der Waals surface area contributed by atoms with E-state index >= 15 is 0 Å². The second kappa shape index (κ2) is 7.86. The molecule has 0 unspecified atom stereocenters. The maximum atomic E-state index is 7.11. The molecule has 2 heterocycles. The molecule has 2 aliphatic rings. The lowest BCUT2D eigenvalue weighted by atomic mass is 9.94. The third-order valence-electron chi connectivity index (χ3n) is 6.35. The van der Waals surface area contributed by atoms with E-state index in [2.05, 4.69) is 65.8 Å². The van der Waals surface area contributed by atoms with Gasteiger partial charge in [0.15, 0.2) is 5.71 Å². The van der Waals surface area contributed by atoms with Crippen molar-refractivity contribution in [3.63, 3.8) is 0 Å². The van der Waals surface area contributed by atoms with E-state index in [1.54, 1.807) is 0 Å². The Balaban J connectivity index is 1.89. The molecule has 3 aromatic carbocycles. The summed E-state index contributed by atoms with van der Waals surface area (Å²) >= 11 is 0. The monoisotopic (exact) mass is 474 g/mol. The fourth-order valence-corrected chi connectivity index (χ4v) is 9.28. The van der Waals surface area contributed by atoms with E-state index in [1.807, 2.05) is 65.3 Å². The van der Waals surface area contributed by atoms with Gasteiger partial charge in [0.05, 0.1) is 0 Å². The molecule has 0 amide bonds. The van der Waals surface area contributed by atoms with Crippen LogP contribution in [-0.4, -0.2) is 27.5 Å². The summed E-state index contributed by atoms with van der Waals surface area (Å²) in [6.07, 6.45) is 0. The second-order valence-electron chi connectivity index (χ2n) is 10.8. The Morgan fingerprint density at radius 1 is 0.676 bits per heavy atom. The van der Waals surface area contributed by atoms with Crippen LogP contribution in [0.4, 0.5) is 0 Å². The van der Waals surface area contributed by atoms with Gasteiger partial charge in [-0.1, -0.05) is 90.1 Å². The molecular formula is C27H32BN2O3P. The summed E-state index contributed by atoms with van der Waals surface area (Å²) in [4.78, 5) is 5.50. The van der Waals surface area contributed by atoms with Crippen molar-refractivity contribution in [1.82, 2.24) is 0 Å². The van der Waals surface area contributed by atoms with E-state index in [0.717, 1.165) is 16.8 Å². The summed E-state index contributed by atoms with van der Waals surface area (Å²) < 4.78 is 22.2. The first-order chi connectivity index (χ1) is 16.1. The zero-order chi connectivity index (χ0) is 24.2. The number of hydrogen-bond acceptors (Lipinski definition) is 4. The normalized spacial score (nSPS) is 18.1. The standard InChI is InChI=1S/C27H32BN2O3P/c1-26(2,3)34(27(4,5)6)29-30(28(33-34)31-23-19-13-14-20-24(23)32-28)25(21-15-9-7-10-16-21)22-17-11-8-12-18-22/h7-20H,1-6H3. The summed E-state index contributed by atoms with van der Waals surface area (Å²) in [5.74, 6) is 1.34. The van der Waals surface area contributed by atoms with Gasteiger partial charge in [0.25, 0.3) is 0 Å². The van der Waals surface area contributed by atoms with Gasteiger partial charge in [0.1, 0.15) is 18.8 Å². The van der Waals surface area contributed by atoms with Crippen LogP contribution < -0.4 is 9.31 Å². The molecule has 176 valence electrons. The third kappa shape index (κ3) is 3.52. The Hall–Kier alpha value is -2.82. The van der Waals surface area contributed by atoms with Gasteiger partial charge >= 0.3 is 6.89 Å². The van der Waals surface area contributed by atoms with E-state index in [1.165, 1.54) is 0 Å². The molecule has 0 bridgehead atoms. The van der Waals surface area contributed by atoms with Crippen molar-refractivity contribution >= 4 is 19.9 Å². The first-order valence-corrected chi connectivity index (χ1v) is 13.4. The Kier molecular flexibility index (Phi) is 5.31. The van der Waals surface area contributed by atoms with Crippen LogP contribution in [0.5, 0.6) is 11.5 Å². The maximum Gasteiger partial charge on any atom is 0.847 e. The summed E-state index contributed by atoms with van der Waals surface area (Å²) in [7, 11) is -2.50. The molecule has 0 saturated carbocycles. The van der Waals surface area contributed by atoms with Gasteiger partial charge in [-0.2, -0.15) is 4.60 Å². The van der Waals surface area contributed by atoms with Gasteiger partial charge in [-0.3, -0.25) is 0 Å². The number of rotatable bonds is 2. The second-order valence-corrected chi connectivity index (χ2v) is 15.1. The van der Waals surface area contributed by atoms with Crippen molar-refractivity contribution in [1.29, 1.82) is 0 Å². The molecule has 0 radical (unpaired) electrons. The zero-order valence-electron chi connectivity index (χ0n) is 20.7. The Morgan fingerprint density at radius 2 is 1.09 bits per heavy atom. The smallest absolute Gasteiger partial charge is 0.591 e. The Bertz CT molecular complexity index is 1220. The van der Waals surface area contributed by atoms with Crippen molar-refractivity contribution < 1.29 is 18.3 Å². The largest absolute Gasteiger partial charge is 0.847 e. The minimum absolute atomic E-state index is 0.241. The number of nitrogens with zero attached hydrogens (tertiary/aromatic N) is 2. The van der Waals surface area contributed by atoms with Crippen LogP contribution in [0, 0.1) is 0 Å². The molecule has 0 fully saturated rings. The van der Waals surface area contributed by atoms with Gasteiger partial charge in [-0.05, 0) is 41.3 Å². The fourth-order valence-electron chi connectivity index (χ4n) is 5.01. The minimum Gasteiger partial charge on any atom is -0.591 e. The third-order valence-corrected chi connectivity index (χ3v) is 11.0. The average molecular weight is 474 g/mol. The minimum atomic E-state index is -2.50. The van der Waals surface area contributed by atoms with Crippen LogP contribution in [0.2, 0.25) is 0 Å². The summed E-state index contributed by atoms with van der Waals surface area (Å²) in [6.45, 7) is 10.8. The van der Waals surface area contributed by atoms with Crippen LogP contribution in [0.3, 0.4) is 0 Å². The van der Waals surface area contributed by atoms with Gasteiger partial charge in [-0.15, -0.1) is 0 Å². The van der Waals surface area contributed by atoms with E-state index in [9.17, 15) is 0 Å². The van der Waals surface area contributed by atoms with Crippen molar-refractivity contribution in [3.05, 3.63) is 96.1 Å². The summed E-state index contributed by atoms with van der Waals surface area (Å²) in [6, 6.07) is 28.3. The molecule has 7 heteroatoms. The lowest BCUT2D eigenvalue weighted by molar-refractivity contribution is -0.435. The highest BCUT2D eigenvalue weighted by Crippen LogP contribution is 2.74. The molecule has 2 aliphatic heterocycles. The topological polar surface area (TPSA) is 43.1 Å². The van der Waals surface area contributed by atoms with Gasteiger partial charge < -0.3 is 13.7 Å². The van der Waals surface area contributed by atoms with Gasteiger partial charge in [0, 0.05) is 21.4 Å². The maximum absolute atomic E-state index is 7.11. The predicted molar refractivity (Wildman–Crippen MR) is 140 cm³/mol. The van der Waals surface area contributed by atoms with Gasteiger partial charge in [-0.25, -0.2) is 0 Å². The van der Waals surface area contributed by atoms with Crippen LogP contribution >= 0.6 is 7.28 Å². The first kappa shape index (κ1) is 23.0. The Labute approximate surface area is 202 Å². The average Bonchev–Trinajstić information content (AvgIpc) is 3.33. The molecule has 1 spiro atoms. The highest BCUT2D eigenvalue weighted by molar-refractivity contribution is 7.66. The molecule has 3 aromatic rings. The van der Waals surface area contributed by atoms with Crippen molar-refractivity contribution in [2.24, 2.45) is 4.85 Å². The molecular weight excluding hydrogens is 442 g/mol. The first-order valence-electron chi connectivity index (χ1n) is 11.8. The number of para-hydroxylation sites is 2. The molecule has 0 N–H and O–H groups in total. The van der Waals surface area contributed by atoms with Crippen LogP contribution in [0.25, 0.3) is 0 Å². The molecule has 0 aliphatic carbocycles. The highest BCUT2D eigenvalue weighted by Gasteiger charge is 2.69. The highest BCUT2D eigenvalue weighted by atomic mass is 31.2. The van der Waals surface area contributed by atoms with Gasteiger partial charge in [0.2, 0.25) is 0 Å². The van der Waals surface area contributed by atoms with Crippen molar-refractivity contribution in [2.75, 3.05) is 0 Å². The van der Waals surface area contributed by atoms with E-state index in [4.69, 9.17) is 18.6 Å². The van der Waals surface area contributed by atoms with E-state index in [0.29, 0.717) is 11.5 Å².